The molecule has 0 spiro atoms. The van der Waals surface area contributed by atoms with Crippen LogP contribution in [0.2, 0.25) is 0 Å². The van der Waals surface area contributed by atoms with E-state index in [0.29, 0.717) is 13.1 Å². The molecule has 4 rings (SSSR count). The Morgan fingerprint density at radius 1 is 0.969 bits per heavy atom. The van der Waals surface area contributed by atoms with E-state index in [0.717, 1.165) is 23.3 Å². The number of nitrogens with one attached hydrogen (secondary N) is 1. The number of ether oxygens (including phenoxy) is 1. The van der Waals surface area contributed by atoms with Crippen LogP contribution in [0.1, 0.15) is 29.2 Å². The smallest absolute Gasteiger partial charge is 0.226 e. The molecule has 5 heteroatoms. The summed E-state index contributed by atoms with van der Waals surface area (Å²) >= 11 is 0. The van der Waals surface area contributed by atoms with Crippen LogP contribution in [0, 0.1) is 5.92 Å². The fraction of sp³-hybridized carbons (Fsp3) is 0.259. The van der Waals surface area contributed by atoms with Gasteiger partial charge in [0.05, 0.1) is 19.1 Å². The Morgan fingerprint density at radius 2 is 1.59 bits per heavy atom. The van der Waals surface area contributed by atoms with Crippen molar-refractivity contribution in [2.45, 2.75) is 18.9 Å². The number of methoxy groups -OCH3 is 1. The average Bonchev–Trinajstić information content (AvgIpc) is 3.23. The lowest BCUT2D eigenvalue weighted by Gasteiger charge is -2.22. The highest BCUT2D eigenvalue weighted by atomic mass is 16.5. The lowest BCUT2D eigenvalue weighted by Crippen LogP contribution is -2.36. The van der Waals surface area contributed by atoms with E-state index in [1.807, 2.05) is 77.7 Å². The summed E-state index contributed by atoms with van der Waals surface area (Å²) < 4.78 is 5.27. The maximum Gasteiger partial charge on any atom is 0.226 e. The SMILES string of the molecule is COc1ccc([C@@H](NC(=O)[C@@H]2CC(=O)N(CCc3ccccc3)C2)c2ccccc2)cc1. The van der Waals surface area contributed by atoms with E-state index < -0.39 is 0 Å². The molecule has 0 saturated carbocycles. The number of amides is 2. The number of likely N-dealkylation sites (tertiary alicyclic amines) is 1. The minimum absolute atomic E-state index is 0.0433. The van der Waals surface area contributed by atoms with Crippen molar-refractivity contribution in [1.29, 1.82) is 0 Å². The maximum absolute atomic E-state index is 13.2. The second kappa shape index (κ2) is 10.1. The number of carbonyl (C=O) groups excluding carboxylic acids is 2. The fourth-order valence-corrected chi connectivity index (χ4v) is 4.13. The van der Waals surface area contributed by atoms with Crippen molar-refractivity contribution >= 4 is 11.8 Å². The van der Waals surface area contributed by atoms with Crippen molar-refractivity contribution in [2.24, 2.45) is 5.92 Å². The maximum atomic E-state index is 13.2. The molecule has 5 nitrogen and oxygen atoms in total. The monoisotopic (exact) mass is 428 g/mol. The minimum Gasteiger partial charge on any atom is -0.497 e. The topological polar surface area (TPSA) is 58.6 Å². The molecule has 3 aromatic carbocycles. The van der Waals surface area contributed by atoms with E-state index in [9.17, 15) is 9.59 Å². The Morgan fingerprint density at radius 3 is 2.25 bits per heavy atom. The van der Waals surface area contributed by atoms with Crippen molar-refractivity contribution in [1.82, 2.24) is 10.2 Å². The first-order chi connectivity index (χ1) is 15.6. The van der Waals surface area contributed by atoms with Gasteiger partial charge >= 0.3 is 0 Å². The molecule has 3 aromatic rings. The highest BCUT2D eigenvalue weighted by molar-refractivity contribution is 5.89. The molecule has 32 heavy (non-hydrogen) atoms. The van der Waals surface area contributed by atoms with Crippen molar-refractivity contribution in [3.63, 3.8) is 0 Å². The second-order valence-electron chi connectivity index (χ2n) is 8.10. The molecule has 2 amide bonds. The van der Waals surface area contributed by atoms with E-state index in [-0.39, 0.29) is 30.2 Å². The molecule has 1 aliphatic heterocycles. The highest BCUT2D eigenvalue weighted by Crippen LogP contribution is 2.26. The van der Waals surface area contributed by atoms with Crippen molar-refractivity contribution in [3.8, 4) is 5.75 Å². The minimum atomic E-state index is -0.345. The predicted molar refractivity (Wildman–Crippen MR) is 124 cm³/mol. The van der Waals surface area contributed by atoms with Gasteiger partial charge < -0.3 is 15.0 Å². The number of hydrogen-bond acceptors (Lipinski definition) is 3. The molecule has 164 valence electrons. The Bertz CT molecular complexity index is 1040. The van der Waals surface area contributed by atoms with Crippen LogP contribution in [0.15, 0.2) is 84.9 Å². The van der Waals surface area contributed by atoms with Crippen LogP contribution < -0.4 is 10.1 Å². The Hall–Kier alpha value is -3.60. The van der Waals surface area contributed by atoms with E-state index in [2.05, 4.69) is 17.4 Å². The third-order valence-corrected chi connectivity index (χ3v) is 5.97. The third-order valence-electron chi connectivity index (χ3n) is 5.97. The van der Waals surface area contributed by atoms with Gasteiger partial charge in [0.1, 0.15) is 5.75 Å². The molecule has 0 unspecified atom stereocenters. The predicted octanol–water partition coefficient (Wildman–Crippen LogP) is 3.99. The number of benzene rings is 3. The number of rotatable bonds is 8. The van der Waals surface area contributed by atoms with Gasteiger partial charge in [-0.25, -0.2) is 0 Å². The van der Waals surface area contributed by atoms with Crippen LogP contribution in [0.25, 0.3) is 0 Å². The van der Waals surface area contributed by atoms with Crippen molar-refractivity contribution in [3.05, 3.63) is 102 Å². The van der Waals surface area contributed by atoms with Crippen molar-refractivity contribution < 1.29 is 14.3 Å². The first-order valence-corrected chi connectivity index (χ1v) is 10.9. The van der Waals surface area contributed by atoms with Gasteiger partial charge in [-0.05, 0) is 35.2 Å². The summed E-state index contributed by atoms with van der Waals surface area (Å²) in [5, 5.41) is 3.19. The van der Waals surface area contributed by atoms with Gasteiger partial charge in [0.15, 0.2) is 0 Å². The van der Waals surface area contributed by atoms with E-state index in [1.165, 1.54) is 5.56 Å². The fourth-order valence-electron chi connectivity index (χ4n) is 4.13. The first kappa shape index (κ1) is 21.6. The molecule has 1 heterocycles. The van der Waals surface area contributed by atoms with E-state index >= 15 is 0 Å². The summed E-state index contributed by atoms with van der Waals surface area (Å²) in [6.07, 6.45) is 1.05. The summed E-state index contributed by atoms with van der Waals surface area (Å²) in [5.74, 6) is 0.372. The quantitative estimate of drug-likeness (QED) is 0.590. The molecule has 1 aliphatic rings. The number of nitrogens with zero attached hydrogens (tertiary/aromatic N) is 1. The zero-order valence-electron chi connectivity index (χ0n) is 18.2. The molecular weight excluding hydrogens is 400 g/mol. The molecular formula is C27H28N2O3. The number of hydrogen-bond donors (Lipinski definition) is 1. The summed E-state index contributed by atoms with van der Waals surface area (Å²) in [7, 11) is 1.63. The molecule has 1 N–H and O–H groups in total. The summed E-state index contributed by atoms with van der Waals surface area (Å²) in [4.78, 5) is 27.5. The van der Waals surface area contributed by atoms with Gasteiger partial charge in [0.25, 0.3) is 0 Å². The van der Waals surface area contributed by atoms with Crippen LogP contribution in [0.5, 0.6) is 5.75 Å². The van der Waals surface area contributed by atoms with Gasteiger partial charge in [-0.3, -0.25) is 9.59 Å². The first-order valence-electron chi connectivity index (χ1n) is 10.9. The lowest BCUT2D eigenvalue weighted by molar-refractivity contribution is -0.129. The van der Waals surface area contributed by atoms with Gasteiger partial charge in [-0.1, -0.05) is 72.8 Å². The summed E-state index contributed by atoms with van der Waals surface area (Å²) in [5.41, 5.74) is 3.16. The highest BCUT2D eigenvalue weighted by Gasteiger charge is 2.35. The zero-order valence-corrected chi connectivity index (χ0v) is 18.2. The molecule has 0 radical (unpaired) electrons. The van der Waals surface area contributed by atoms with Crippen LogP contribution in [0.4, 0.5) is 0 Å². The molecule has 1 fully saturated rings. The van der Waals surface area contributed by atoms with Crippen LogP contribution in [0.3, 0.4) is 0 Å². The lowest BCUT2D eigenvalue weighted by atomic mass is 9.97. The standard InChI is InChI=1S/C27H28N2O3/c1-32-24-14-12-22(13-15-24)26(21-10-6-3-7-11-21)28-27(31)23-18-25(30)29(19-23)17-16-20-8-4-2-5-9-20/h2-15,23,26H,16-19H2,1H3,(H,28,31)/t23-,26+/m1/s1. The summed E-state index contributed by atoms with van der Waals surface area (Å²) in [6, 6.07) is 27.4. The van der Waals surface area contributed by atoms with E-state index in [4.69, 9.17) is 4.74 Å². The molecule has 0 aromatic heterocycles. The third kappa shape index (κ3) is 5.17. The van der Waals surface area contributed by atoms with Crippen LogP contribution in [-0.4, -0.2) is 36.9 Å². The van der Waals surface area contributed by atoms with E-state index in [1.54, 1.807) is 7.11 Å². The Labute approximate surface area is 189 Å². The Balaban J connectivity index is 1.44. The zero-order chi connectivity index (χ0) is 22.3. The Kier molecular flexibility index (Phi) is 6.85. The molecule has 2 atom stereocenters. The van der Waals surface area contributed by atoms with Crippen LogP contribution >= 0.6 is 0 Å². The largest absolute Gasteiger partial charge is 0.497 e. The van der Waals surface area contributed by atoms with Crippen LogP contribution in [-0.2, 0) is 16.0 Å². The van der Waals surface area contributed by atoms with Crippen molar-refractivity contribution in [2.75, 3.05) is 20.2 Å². The molecule has 0 aliphatic carbocycles. The molecule has 1 saturated heterocycles. The molecule has 0 bridgehead atoms. The van der Waals surface area contributed by atoms with Gasteiger partial charge in [0, 0.05) is 19.5 Å². The normalized spacial score (nSPS) is 16.6. The second-order valence-corrected chi connectivity index (χ2v) is 8.10. The summed E-state index contributed by atoms with van der Waals surface area (Å²) in [6.45, 7) is 1.09. The average molecular weight is 429 g/mol. The van der Waals surface area contributed by atoms with Gasteiger partial charge in [-0.15, -0.1) is 0 Å². The number of carbonyl (C=O) groups is 2. The van der Waals surface area contributed by atoms with Gasteiger partial charge in [0.2, 0.25) is 11.8 Å². The van der Waals surface area contributed by atoms with Gasteiger partial charge in [-0.2, -0.15) is 0 Å².